The lowest BCUT2D eigenvalue weighted by molar-refractivity contribution is -0.130. The Bertz CT molecular complexity index is 230. The first-order valence-electron chi connectivity index (χ1n) is 6.19. The third-order valence-electron chi connectivity index (χ3n) is 3.98. The van der Waals surface area contributed by atoms with E-state index in [2.05, 4.69) is 5.32 Å². The van der Waals surface area contributed by atoms with Gasteiger partial charge in [-0.1, -0.05) is 25.7 Å². The highest BCUT2D eigenvalue weighted by molar-refractivity contribution is 5.80. The molecule has 2 rings (SSSR count). The predicted octanol–water partition coefficient (Wildman–Crippen LogP) is 1.60. The zero-order valence-corrected chi connectivity index (χ0v) is 9.30. The summed E-state index contributed by atoms with van der Waals surface area (Å²) in [5.74, 6) is 0.410. The van der Waals surface area contributed by atoms with Gasteiger partial charge in [0, 0.05) is 5.92 Å². The molecule has 2 fully saturated rings. The van der Waals surface area contributed by atoms with E-state index in [-0.39, 0.29) is 24.0 Å². The number of aliphatic hydroxyl groups is 1. The number of rotatable bonds is 3. The van der Waals surface area contributed by atoms with Gasteiger partial charge < -0.3 is 10.4 Å². The maximum Gasteiger partial charge on any atom is 0.223 e. The SMILES string of the molecule is O=C(NC1(CO)CCCCC1)C1CCC1. The van der Waals surface area contributed by atoms with Crippen molar-refractivity contribution in [3.63, 3.8) is 0 Å². The van der Waals surface area contributed by atoms with Crippen molar-refractivity contribution in [1.29, 1.82) is 0 Å². The molecule has 0 aromatic carbocycles. The summed E-state index contributed by atoms with van der Waals surface area (Å²) in [6, 6.07) is 0. The Morgan fingerprint density at radius 1 is 1.20 bits per heavy atom. The van der Waals surface area contributed by atoms with Crippen molar-refractivity contribution in [2.45, 2.75) is 56.9 Å². The van der Waals surface area contributed by atoms with E-state index in [1.165, 1.54) is 12.8 Å². The van der Waals surface area contributed by atoms with Crippen LogP contribution in [0.3, 0.4) is 0 Å². The van der Waals surface area contributed by atoms with Gasteiger partial charge in [-0.25, -0.2) is 0 Å². The second kappa shape index (κ2) is 4.52. The number of hydrogen-bond acceptors (Lipinski definition) is 2. The summed E-state index contributed by atoms with van der Waals surface area (Å²) >= 11 is 0. The lowest BCUT2D eigenvalue weighted by Gasteiger charge is -2.38. The summed E-state index contributed by atoms with van der Waals surface area (Å²) in [6.07, 6.45) is 8.65. The first-order chi connectivity index (χ1) is 7.26. The maximum atomic E-state index is 11.8. The first kappa shape index (κ1) is 10.9. The fourth-order valence-electron chi connectivity index (χ4n) is 2.59. The average molecular weight is 211 g/mol. The van der Waals surface area contributed by atoms with E-state index in [1.807, 2.05) is 0 Å². The van der Waals surface area contributed by atoms with Crippen LogP contribution < -0.4 is 5.32 Å². The van der Waals surface area contributed by atoms with E-state index in [1.54, 1.807) is 0 Å². The monoisotopic (exact) mass is 211 g/mol. The summed E-state index contributed by atoms with van der Waals surface area (Å²) in [5.41, 5.74) is -0.287. The van der Waals surface area contributed by atoms with Crippen molar-refractivity contribution < 1.29 is 9.90 Å². The Hall–Kier alpha value is -0.570. The van der Waals surface area contributed by atoms with Gasteiger partial charge in [0.15, 0.2) is 0 Å². The van der Waals surface area contributed by atoms with E-state index in [0.717, 1.165) is 38.5 Å². The number of aliphatic hydroxyl groups excluding tert-OH is 1. The quantitative estimate of drug-likeness (QED) is 0.745. The molecule has 0 aromatic heterocycles. The largest absolute Gasteiger partial charge is 0.394 e. The van der Waals surface area contributed by atoms with Gasteiger partial charge in [-0.15, -0.1) is 0 Å². The fourth-order valence-corrected chi connectivity index (χ4v) is 2.59. The first-order valence-corrected chi connectivity index (χ1v) is 6.19. The topological polar surface area (TPSA) is 49.3 Å². The molecule has 1 amide bonds. The van der Waals surface area contributed by atoms with Gasteiger partial charge in [-0.3, -0.25) is 4.79 Å². The molecule has 0 saturated heterocycles. The van der Waals surface area contributed by atoms with Crippen LogP contribution >= 0.6 is 0 Å². The molecule has 2 saturated carbocycles. The number of carbonyl (C=O) groups is 1. The number of amides is 1. The molecule has 0 aliphatic heterocycles. The van der Waals surface area contributed by atoms with Gasteiger partial charge in [-0.2, -0.15) is 0 Å². The molecule has 0 bridgehead atoms. The smallest absolute Gasteiger partial charge is 0.223 e. The Kier molecular flexibility index (Phi) is 3.29. The minimum absolute atomic E-state index is 0.103. The van der Waals surface area contributed by atoms with E-state index in [9.17, 15) is 9.90 Å². The van der Waals surface area contributed by atoms with Crippen LogP contribution in [0.4, 0.5) is 0 Å². The lowest BCUT2D eigenvalue weighted by atomic mass is 9.79. The highest BCUT2D eigenvalue weighted by Crippen LogP contribution is 2.31. The average Bonchev–Trinajstić information content (AvgIpc) is 2.16. The molecule has 2 aliphatic rings. The Morgan fingerprint density at radius 2 is 1.87 bits per heavy atom. The van der Waals surface area contributed by atoms with Crippen LogP contribution in [0.25, 0.3) is 0 Å². The van der Waals surface area contributed by atoms with E-state index in [4.69, 9.17) is 0 Å². The predicted molar refractivity (Wildman–Crippen MR) is 58.4 cm³/mol. The van der Waals surface area contributed by atoms with Gasteiger partial charge in [0.05, 0.1) is 12.1 Å². The molecule has 0 unspecified atom stereocenters. The van der Waals surface area contributed by atoms with Crippen LogP contribution in [0.15, 0.2) is 0 Å². The van der Waals surface area contributed by atoms with Gasteiger partial charge in [0.2, 0.25) is 5.91 Å². The van der Waals surface area contributed by atoms with Crippen molar-refractivity contribution in [1.82, 2.24) is 5.32 Å². The van der Waals surface area contributed by atoms with E-state index in [0.29, 0.717) is 0 Å². The second-order valence-electron chi connectivity index (χ2n) is 5.12. The highest BCUT2D eigenvalue weighted by Gasteiger charge is 2.36. The zero-order valence-electron chi connectivity index (χ0n) is 9.30. The Morgan fingerprint density at radius 3 is 2.33 bits per heavy atom. The van der Waals surface area contributed by atoms with Crippen LogP contribution in [0.2, 0.25) is 0 Å². The van der Waals surface area contributed by atoms with Gasteiger partial charge in [0.1, 0.15) is 0 Å². The maximum absolute atomic E-state index is 11.8. The molecule has 0 spiro atoms. The molecule has 86 valence electrons. The molecule has 3 nitrogen and oxygen atoms in total. The third kappa shape index (κ3) is 2.33. The lowest BCUT2D eigenvalue weighted by Crippen LogP contribution is -2.54. The van der Waals surface area contributed by atoms with Gasteiger partial charge >= 0.3 is 0 Å². The number of carbonyl (C=O) groups excluding carboxylic acids is 1. The van der Waals surface area contributed by atoms with Crippen molar-refractivity contribution in [2.75, 3.05) is 6.61 Å². The van der Waals surface area contributed by atoms with Gasteiger partial charge in [0.25, 0.3) is 0 Å². The Balaban J connectivity index is 1.90. The van der Waals surface area contributed by atoms with Crippen molar-refractivity contribution in [3.05, 3.63) is 0 Å². The summed E-state index contributed by atoms with van der Waals surface area (Å²) in [4.78, 5) is 11.8. The molecule has 2 N–H and O–H groups in total. The van der Waals surface area contributed by atoms with Crippen molar-refractivity contribution in [2.24, 2.45) is 5.92 Å². The number of nitrogens with one attached hydrogen (secondary N) is 1. The number of hydrogen-bond donors (Lipinski definition) is 2. The molecule has 3 heteroatoms. The fraction of sp³-hybridized carbons (Fsp3) is 0.917. The molecule has 0 radical (unpaired) electrons. The molecular formula is C12H21NO2. The van der Waals surface area contributed by atoms with Crippen molar-refractivity contribution >= 4 is 5.91 Å². The second-order valence-corrected chi connectivity index (χ2v) is 5.12. The normalized spacial score (nSPS) is 25.7. The molecular weight excluding hydrogens is 190 g/mol. The van der Waals surface area contributed by atoms with Crippen molar-refractivity contribution in [3.8, 4) is 0 Å². The highest BCUT2D eigenvalue weighted by atomic mass is 16.3. The summed E-state index contributed by atoms with van der Waals surface area (Å²) in [7, 11) is 0. The molecule has 2 aliphatic carbocycles. The summed E-state index contributed by atoms with van der Waals surface area (Å²) in [6.45, 7) is 0.103. The summed E-state index contributed by atoms with van der Waals surface area (Å²) < 4.78 is 0. The van der Waals surface area contributed by atoms with E-state index >= 15 is 0 Å². The zero-order chi connectivity index (χ0) is 10.7. The minimum Gasteiger partial charge on any atom is -0.394 e. The third-order valence-corrected chi connectivity index (χ3v) is 3.98. The minimum atomic E-state index is -0.287. The van der Waals surface area contributed by atoms with Crippen LogP contribution in [0.1, 0.15) is 51.4 Å². The molecule has 0 heterocycles. The molecule has 0 atom stereocenters. The van der Waals surface area contributed by atoms with Crippen LogP contribution in [0, 0.1) is 5.92 Å². The summed E-state index contributed by atoms with van der Waals surface area (Å²) in [5, 5.41) is 12.5. The van der Waals surface area contributed by atoms with Crippen LogP contribution in [-0.4, -0.2) is 23.2 Å². The van der Waals surface area contributed by atoms with E-state index < -0.39 is 0 Å². The van der Waals surface area contributed by atoms with Gasteiger partial charge in [-0.05, 0) is 25.7 Å². The van der Waals surface area contributed by atoms with Crippen LogP contribution in [-0.2, 0) is 4.79 Å². The molecule has 15 heavy (non-hydrogen) atoms. The standard InChI is InChI=1S/C12H21NO2/c14-9-12(7-2-1-3-8-12)13-11(15)10-5-4-6-10/h10,14H,1-9H2,(H,13,15). The van der Waals surface area contributed by atoms with Crippen LogP contribution in [0.5, 0.6) is 0 Å². The Labute approximate surface area is 91.2 Å². The molecule has 0 aromatic rings.